The Morgan fingerprint density at radius 1 is 1.26 bits per heavy atom. The SMILES string of the molecule is CC(C)NC(=O)CC[C@@H]1NC(=O)N(CCc2ccccc2)C1=O. The molecule has 6 heteroatoms. The van der Waals surface area contributed by atoms with Gasteiger partial charge in [0, 0.05) is 19.0 Å². The van der Waals surface area contributed by atoms with Gasteiger partial charge in [-0.25, -0.2) is 4.79 Å². The van der Waals surface area contributed by atoms with E-state index in [-0.39, 0.29) is 30.3 Å². The molecule has 0 aromatic heterocycles. The van der Waals surface area contributed by atoms with E-state index in [1.165, 1.54) is 4.90 Å². The van der Waals surface area contributed by atoms with Crippen LogP contribution in [0.2, 0.25) is 0 Å². The number of amides is 4. The number of hydrogen-bond donors (Lipinski definition) is 2. The third-order valence-corrected chi connectivity index (χ3v) is 3.68. The smallest absolute Gasteiger partial charge is 0.324 e. The van der Waals surface area contributed by atoms with Crippen LogP contribution in [0.4, 0.5) is 4.79 Å². The van der Waals surface area contributed by atoms with Crippen LogP contribution in [0.15, 0.2) is 30.3 Å². The average Bonchev–Trinajstić information content (AvgIpc) is 2.78. The maximum absolute atomic E-state index is 12.3. The second-order valence-corrected chi connectivity index (χ2v) is 5.99. The predicted octanol–water partition coefficient (Wildman–Crippen LogP) is 1.45. The maximum atomic E-state index is 12.3. The van der Waals surface area contributed by atoms with E-state index >= 15 is 0 Å². The molecule has 1 saturated heterocycles. The van der Waals surface area contributed by atoms with Crippen LogP contribution in [-0.2, 0) is 16.0 Å². The summed E-state index contributed by atoms with van der Waals surface area (Å²) in [5.74, 6) is -0.354. The molecule has 2 rings (SSSR count). The standard InChI is InChI=1S/C17H23N3O3/c1-12(2)18-15(21)9-8-14-16(22)20(17(23)19-14)11-10-13-6-4-3-5-7-13/h3-7,12,14H,8-11H2,1-2H3,(H,18,21)(H,19,23)/t14-/m0/s1. The number of benzene rings is 1. The van der Waals surface area contributed by atoms with Crippen LogP contribution in [0.5, 0.6) is 0 Å². The van der Waals surface area contributed by atoms with Gasteiger partial charge < -0.3 is 10.6 Å². The first kappa shape index (κ1) is 17.0. The highest BCUT2D eigenvalue weighted by Crippen LogP contribution is 2.12. The molecule has 0 saturated carbocycles. The summed E-state index contributed by atoms with van der Waals surface area (Å²) in [6.07, 6.45) is 1.17. The number of urea groups is 1. The molecule has 1 aromatic carbocycles. The second-order valence-electron chi connectivity index (χ2n) is 5.99. The second kappa shape index (κ2) is 7.76. The zero-order chi connectivity index (χ0) is 16.8. The number of carbonyl (C=O) groups is 3. The molecule has 23 heavy (non-hydrogen) atoms. The van der Waals surface area contributed by atoms with Crippen LogP contribution in [0.1, 0.15) is 32.3 Å². The van der Waals surface area contributed by atoms with Crippen LogP contribution in [0, 0.1) is 0 Å². The van der Waals surface area contributed by atoms with Gasteiger partial charge in [-0.1, -0.05) is 30.3 Å². The van der Waals surface area contributed by atoms with Crippen molar-refractivity contribution in [3.05, 3.63) is 35.9 Å². The highest BCUT2D eigenvalue weighted by molar-refractivity contribution is 6.04. The summed E-state index contributed by atoms with van der Waals surface area (Å²) in [6.45, 7) is 4.11. The van der Waals surface area contributed by atoms with Gasteiger partial charge in [-0.15, -0.1) is 0 Å². The Labute approximate surface area is 136 Å². The molecule has 1 aromatic rings. The van der Waals surface area contributed by atoms with Crippen LogP contribution in [-0.4, -0.2) is 41.4 Å². The van der Waals surface area contributed by atoms with Crippen LogP contribution < -0.4 is 10.6 Å². The highest BCUT2D eigenvalue weighted by atomic mass is 16.2. The van der Waals surface area contributed by atoms with Crippen molar-refractivity contribution >= 4 is 17.8 Å². The summed E-state index contributed by atoms with van der Waals surface area (Å²) < 4.78 is 0. The van der Waals surface area contributed by atoms with Crippen LogP contribution >= 0.6 is 0 Å². The minimum atomic E-state index is -0.601. The Bertz CT molecular complexity index is 572. The third-order valence-electron chi connectivity index (χ3n) is 3.68. The largest absolute Gasteiger partial charge is 0.354 e. The van der Waals surface area contributed by atoms with Gasteiger partial charge in [-0.3, -0.25) is 14.5 Å². The molecule has 1 atom stereocenters. The molecule has 1 fully saturated rings. The highest BCUT2D eigenvalue weighted by Gasteiger charge is 2.37. The summed E-state index contributed by atoms with van der Waals surface area (Å²) in [5.41, 5.74) is 1.08. The summed E-state index contributed by atoms with van der Waals surface area (Å²) in [7, 11) is 0. The number of rotatable bonds is 7. The first-order valence-corrected chi connectivity index (χ1v) is 7.92. The van der Waals surface area contributed by atoms with Crippen molar-refractivity contribution < 1.29 is 14.4 Å². The first-order chi connectivity index (χ1) is 11.0. The van der Waals surface area contributed by atoms with Gasteiger partial charge >= 0.3 is 6.03 Å². The molecule has 0 radical (unpaired) electrons. The van der Waals surface area contributed by atoms with Gasteiger partial charge in [-0.05, 0) is 32.3 Å². The van der Waals surface area contributed by atoms with E-state index in [2.05, 4.69) is 10.6 Å². The zero-order valence-electron chi connectivity index (χ0n) is 13.5. The van der Waals surface area contributed by atoms with Crippen LogP contribution in [0.3, 0.4) is 0 Å². The molecule has 0 aliphatic carbocycles. The maximum Gasteiger partial charge on any atom is 0.324 e. The van der Waals surface area contributed by atoms with Gasteiger partial charge in [0.2, 0.25) is 5.91 Å². The summed E-state index contributed by atoms with van der Waals surface area (Å²) in [6, 6.07) is 8.80. The number of nitrogens with zero attached hydrogens (tertiary/aromatic N) is 1. The van der Waals surface area contributed by atoms with Crippen molar-refractivity contribution in [1.82, 2.24) is 15.5 Å². The summed E-state index contributed by atoms with van der Waals surface area (Å²) in [4.78, 5) is 37.1. The molecule has 1 heterocycles. The Morgan fingerprint density at radius 3 is 2.61 bits per heavy atom. The number of carbonyl (C=O) groups excluding carboxylic acids is 3. The topological polar surface area (TPSA) is 78.5 Å². The molecule has 6 nitrogen and oxygen atoms in total. The number of imide groups is 1. The zero-order valence-corrected chi connectivity index (χ0v) is 13.5. The molecule has 0 spiro atoms. The van der Waals surface area contributed by atoms with Gasteiger partial charge in [0.1, 0.15) is 6.04 Å². The van der Waals surface area contributed by atoms with Crippen molar-refractivity contribution in [1.29, 1.82) is 0 Å². The Balaban J connectivity index is 1.83. The van der Waals surface area contributed by atoms with E-state index in [0.717, 1.165) is 5.56 Å². The minimum absolute atomic E-state index is 0.0683. The van der Waals surface area contributed by atoms with Gasteiger partial charge in [0.15, 0.2) is 0 Å². The molecule has 124 valence electrons. The summed E-state index contributed by atoms with van der Waals surface area (Å²) >= 11 is 0. The van der Waals surface area contributed by atoms with Gasteiger partial charge in [0.25, 0.3) is 5.91 Å². The van der Waals surface area contributed by atoms with Gasteiger partial charge in [0.05, 0.1) is 0 Å². The van der Waals surface area contributed by atoms with Crippen molar-refractivity contribution in [2.24, 2.45) is 0 Å². The molecule has 0 bridgehead atoms. The molecule has 1 aliphatic heterocycles. The van der Waals surface area contributed by atoms with E-state index in [9.17, 15) is 14.4 Å². The number of hydrogen-bond acceptors (Lipinski definition) is 3. The lowest BCUT2D eigenvalue weighted by Crippen LogP contribution is -2.35. The quantitative estimate of drug-likeness (QED) is 0.747. The monoisotopic (exact) mass is 317 g/mol. The predicted molar refractivity (Wildman–Crippen MR) is 86.7 cm³/mol. The lowest BCUT2D eigenvalue weighted by molar-refractivity contribution is -0.127. The van der Waals surface area contributed by atoms with E-state index in [0.29, 0.717) is 19.4 Å². The lowest BCUT2D eigenvalue weighted by atomic mass is 10.1. The van der Waals surface area contributed by atoms with Crippen molar-refractivity contribution in [2.45, 2.75) is 45.2 Å². The van der Waals surface area contributed by atoms with Crippen LogP contribution in [0.25, 0.3) is 0 Å². The molecular formula is C17H23N3O3. The first-order valence-electron chi connectivity index (χ1n) is 7.92. The van der Waals surface area contributed by atoms with E-state index in [1.54, 1.807) is 0 Å². The molecule has 4 amide bonds. The molecule has 2 N–H and O–H groups in total. The third kappa shape index (κ3) is 4.81. The summed E-state index contributed by atoms with van der Waals surface area (Å²) in [5, 5.41) is 5.43. The average molecular weight is 317 g/mol. The number of nitrogens with one attached hydrogen (secondary N) is 2. The van der Waals surface area contributed by atoms with E-state index in [1.807, 2.05) is 44.2 Å². The van der Waals surface area contributed by atoms with Crippen molar-refractivity contribution in [3.8, 4) is 0 Å². The molecule has 0 unspecified atom stereocenters. The lowest BCUT2D eigenvalue weighted by Gasteiger charge is -2.13. The Hall–Kier alpha value is -2.37. The van der Waals surface area contributed by atoms with Crippen molar-refractivity contribution in [2.75, 3.05) is 6.54 Å². The van der Waals surface area contributed by atoms with E-state index < -0.39 is 6.04 Å². The van der Waals surface area contributed by atoms with Gasteiger partial charge in [-0.2, -0.15) is 0 Å². The van der Waals surface area contributed by atoms with E-state index in [4.69, 9.17) is 0 Å². The fraction of sp³-hybridized carbons (Fsp3) is 0.471. The Kier molecular flexibility index (Phi) is 5.73. The minimum Gasteiger partial charge on any atom is -0.354 e. The van der Waals surface area contributed by atoms with Crippen molar-refractivity contribution in [3.63, 3.8) is 0 Å². The fourth-order valence-corrected chi connectivity index (χ4v) is 2.54. The molecule has 1 aliphatic rings. The Morgan fingerprint density at radius 2 is 1.96 bits per heavy atom. The normalized spacial score (nSPS) is 17.5. The molecular weight excluding hydrogens is 294 g/mol. The fourth-order valence-electron chi connectivity index (χ4n) is 2.54.